The number of thiazole rings is 1. The molecule has 0 aliphatic carbocycles. The molecule has 1 aliphatic heterocycles. The van der Waals surface area contributed by atoms with E-state index in [9.17, 15) is 4.79 Å². The molecule has 2 aromatic heterocycles. The third-order valence-corrected chi connectivity index (χ3v) is 5.42. The Balaban J connectivity index is 1.71. The minimum atomic E-state index is 0.0926. The van der Waals surface area contributed by atoms with Crippen molar-refractivity contribution in [1.29, 1.82) is 0 Å². The number of piperidine rings is 1. The summed E-state index contributed by atoms with van der Waals surface area (Å²) < 4.78 is 1.80. The van der Waals surface area contributed by atoms with Gasteiger partial charge in [-0.2, -0.15) is 5.10 Å². The first-order chi connectivity index (χ1) is 11.1. The van der Waals surface area contributed by atoms with Gasteiger partial charge in [0.25, 0.3) is 5.91 Å². The van der Waals surface area contributed by atoms with Crippen LogP contribution in [0.5, 0.6) is 0 Å². The number of hydrogen-bond acceptors (Lipinski definition) is 4. The zero-order valence-corrected chi connectivity index (χ0v) is 14.8. The molecule has 0 saturated carbocycles. The molecule has 6 heteroatoms. The molecule has 0 N–H and O–H groups in total. The number of carbonyl (C=O) groups is 1. The van der Waals surface area contributed by atoms with Gasteiger partial charge in [-0.15, -0.1) is 11.3 Å². The Morgan fingerprint density at radius 3 is 2.96 bits per heavy atom. The highest BCUT2D eigenvalue weighted by Crippen LogP contribution is 2.31. The summed E-state index contributed by atoms with van der Waals surface area (Å²) in [5, 5.41) is 7.54. The molecular formula is C17H24N4OS. The Morgan fingerprint density at radius 2 is 2.30 bits per heavy atom. The summed E-state index contributed by atoms with van der Waals surface area (Å²) in [6, 6.07) is 0. The van der Waals surface area contributed by atoms with Crippen molar-refractivity contribution in [3.8, 4) is 0 Å². The molecular weight excluding hydrogens is 308 g/mol. The van der Waals surface area contributed by atoms with Gasteiger partial charge < -0.3 is 4.90 Å². The van der Waals surface area contributed by atoms with Gasteiger partial charge in [-0.3, -0.25) is 9.48 Å². The lowest BCUT2D eigenvalue weighted by Gasteiger charge is -2.31. The molecule has 0 spiro atoms. The van der Waals surface area contributed by atoms with Gasteiger partial charge in [-0.05, 0) is 25.7 Å². The van der Waals surface area contributed by atoms with Crippen molar-refractivity contribution >= 4 is 17.2 Å². The summed E-state index contributed by atoms with van der Waals surface area (Å²) in [5.41, 5.74) is 1.85. The topological polar surface area (TPSA) is 51.0 Å². The Morgan fingerprint density at radius 1 is 1.48 bits per heavy atom. The third kappa shape index (κ3) is 3.47. The molecule has 124 valence electrons. The zero-order chi connectivity index (χ0) is 16.4. The average Bonchev–Trinajstić information content (AvgIpc) is 3.23. The van der Waals surface area contributed by atoms with E-state index in [0.717, 1.165) is 38.2 Å². The van der Waals surface area contributed by atoms with Gasteiger partial charge in [-0.25, -0.2) is 4.98 Å². The van der Waals surface area contributed by atoms with Crippen LogP contribution in [0.3, 0.4) is 0 Å². The van der Waals surface area contributed by atoms with Crippen LogP contribution in [0.15, 0.2) is 17.8 Å². The summed E-state index contributed by atoms with van der Waals surface area (Å²) >= 11 is 1.74. The summed E-state index contributed by atoms with van der Waals surface area (Å²) in [6.07, 6.45) is 5.67. The van der Waals surface area contributed by atoms with E-state index >= 15 is 0 Å². The first-order valence-corrected chi connectivity index (χ1v) is 9.23. The Labute approximate surface area is 141 Å². The van der Waals surface area contributed by atoms with E-state index in [1.807, 2.05) is 18.0 Å². The van der Waals surface area contributed by atoms with Crippen molar-refractivity contribution in [2.75, 3.05) is 13.1 Å². The van der Waals surface area contributed by atoms with E-state index in [-0.39, 0.29) is 5.91 Å². The fourth-order valence-corrected chi connectivity index (χ4v) is 4.06. The monoisotopic (exact) mass is 332 g/mol. The van der Waals surface area contributed by atoms with Crippen LogP contribution < -0.4 is 0 Å². The highest BCUT2D eigenvalue weighted by molar-refractivity contribution is 7.09. The van der Waals surface area contributed by atoms with Gasteiger partial charge in [0.05, 0.1) is 22.5 Å². The van der Waals surface area contributed by atoms with Gasteiger partial charge in [0.2, 0.25) is 0 Å². The molecule has 3 heterocycles. The number of rotatable bonds is 4. The maximum Gasteiger partial charge on any atom is 0.257 e. The lowest BCUT2D eigenvalue weighted by molar-refractivity contribution is 0.0707. The van der Waals surface area contributed by atoms with Crippen molar-refractivity contribution in [1.82, 2.24) is 19.7 Å². The molecule has 1 aliphatic rings. The van der Waals surface area contributed by atoms with E-state index in [4.69, 9.17) is 4.98 Å². The van der Waals surface area contributed by atoms with E-state index in [2.05, 4.69) is 24.3 Å². The van der Waals surface area contributed by atoms with Crippen molar-refractivity contribution in [2.24, 2.45) is 0 Å². The largest absolute Gasteiger partial charge is 0.338 e. The van der Waals surface area contributed by atoms with E-state index in [1.165, 1.54) is 5.01 Å². The van der Waals surface area contributed by atoms with Gasteiger partial charge in [0.15, 0.2) is 0 Å². The van der Waals surface area contributed by atoms with Crippen LogP contribution in [0, 0.1) is 0 Å². The van der Waals surface area contributed by atoms with Crippen molar-refractivity contribution in [3.05, 3.63) is 34.0 Å². The number of aromatic nitrogens is 3. The standard InChI is InChI=1S/C17H24N4OS/c1-4-21-10-14(8-18-21)17(22)20-7-5-6-13(9-20)16-19-15(11-23-16)12(2)3/h8,10-13H,4-7,9H2,1-3H3. The Hall–Kier alpha value is -1.69. The molecule has 0 aromatic carbocycles. The van der Waals surface area contributed by atoms with E-state index < -0.39 is 0 Å². The van der Waals surface area contributed by atoms with Crippen molar-refractivity contribution in [2.45, 2.75) is 52.0 Å². The maximum absolute atomic E-state index is 12.7. The van der Waals surface area contributed by atoms with Crippen LogP contribution >= 0.6 is 11.3 Å². The summed E-state index contributed by atoms with van der Waals surface area (Å²) in [4.78, 5) is 19.4. The lowest BCUT2D eigenvalue weighted by Crippen LogP contribution is -2.39. The van der Waals surface area contributed by atoms with Crippen LogP contribution in [0.4, 0.5) is 0 Å². The van der Waals surface area contributed by atoms with Crippen LogP contribution in [0.25, 0.3) is 0 Å². The number of nitrogens with zero attached hydrogens (tertiary/aromatic N) is 4. The van der Waals surface area contributed by atoms with Crippen LogP contribution in [0.1, 0.15) is 66.5 Å². The molecule has 5 nitrogen and oxygen atoms in total. The third-order valence-electron chi connectivity index (χ3n) is 4.39. The second-order valence-corrected chi connectivity index (χ2v) is 7.33. The van der Waals surface area contributed by atoms with E-state index in [1.54, 1.807) is 22.2 Å². The van der Waals surface area contributed by atoms with Gasteiger partial charge in [-0.1, -0.05) is 13.8 Å². The number of amides is 1. The average molecular weight is 332 g/mol. The van der Waals surface area contributed by atoms with Gasteiger partial charge in [0, 0.05) is 37.1 Å². The van der Waals surface area contributed by atoms with Crippen molar-refractivity contribution < 1.29 is 4.79 Å². The SMILES string of the molecule is CCn1cc(C(=O)N2CCCC(c3nc(C(C)C)cs3)C2)cn1. The summed E-state index contributed by atoms with van der Waals surface area (Å²) in [7, 11) is 0. The molecule has 3 rings (SSSR count). The normalized spacial score (nSPS) is 18.6. The molecule has 1 unspecified atom stereocenters. The highest BCUT2D eigenvalue weighted by Gasteiger charge is 2.28. The first kappa shape index (κ1) is 16.2. The molecule has 1 fully saturated rings. The fraction of sp³-hybridized carbons (Fsp3) is 0.588. The predicted molar refractivity (Wildman–Crippen MR) is 92.0 cm³/mol. The van der Waals surface area contributed by atoms with Crippen LogP contribution in [0.2, 0.25) is 0 Å². The molecule has 1 atom stereocenters. The summed E-state index contributed by atoms with van der Waals surface area (Å²) in [6.45, 7) is 8.73. The van der Waals surface area contributed by atoms with Crippen molar-refractivity contribution in [3.63, 3.8) is 0 Å². The quantitative estimate of drug-likeness (QED) is 0.861. The molecule has 0 bridgehead atoms. The highest BCUT2D eigenvalue weighted by atomic mass is 32.1. The molecule has 1 amide bonds. The molecule has 2 aromatic rings. The zero-order valence-electron chi connectivity index (χ0n) is 14.0. The fourth-order valence-electron chi connectivity index (χ4n) is 2.95. The van der Waals surface area contributed by atoms with Crippen LogP contribution in [-0.4, -0.2) is 38.7 Å². The smallest absolute Gasteiger partial charge is 0.257 e. The second-order valence-electron chi connectivity index (χ2n) is 6.44. The lowest BCUT2D eigenvalue weighted by atomic mass is 9.98. The minimum Gasteiger partial charge on any atom is -0.338 e. The molecule has 0 radical (unpaired) electrons. The van der Waals surface area contributed by atoms with E-state index in [0.29, 0.717) is 17.4 Å². The number of carbonyl (C=O) groups excluding carboxylic acids is 1. The maximum atomic E-state index is 12.7. The second kappa shape index (κ2) is 6.83. The predicted octanol–water partition coefficient (Wildman–Crippen LogP) is 3.50. The minimum absolute atomic E-state index is 0.0926. The molecule has 1 saturated heterocycles. The Kier molecular flexibility index (Phi) is 4.80. The van der Waals surface area contributed by atoms with Gasteiger partial charge in [0.1, 0.15) is 0 Å². The molecule has 23 heavy (non-hydrogen) atoms. The number of hydrogen-bond donors (Lipinski definition) is 0. The van der Waals surface area contributed by atoms with Gasteiger partial charge >= 0.3 is 0 Å². The Bertz CT molecular complexity index is 676. The van der Waals surface area contributed by atoms with Crippen LogP contribution in [-0.2, 0) is 6.54 Å². The number of likely N-dealkylation sites (tertiary alicyclic amines) is 1. The first-order valence-electron chi connectivity index (χ1n) is 8.35. The number of aryl methyl sites for hydroxylation is 1. The summed E-state index contributed by atoms with van der Waals surface area (Å²) in [5.74, 6) is 0.919.